The largest absolute Gasteiger partial charge is 0.466 e. The number of rotatable bonds is 6. The highest BCUT2D eigenvalue weighted by molar-refractivity contribution is 5.88. The highest BCUT2D eigenvalue weighted by Crippen LogP contribution is 2.22. The van der Waals surface area contributed by atoms with Gasteiger partial charge in [0.05, 0.1) is 13.7 Å². The maximum atomic E-state index is 11.3. The summed E-state index contributed by atoms with van der Waals surface area (Å²) in [5, 5.41) is 0. The van der Waals surface area contributed by atoms with Gasteiger partial charge in [-0.25, -0.2) is 4.79 Å². The van der Waals surface area contributed by atoms with Crippen molar-refractivity contribution in [2.45, 2.75) is 51.9 Å². The summed E-state index contributed by atoms with van der Waals surface area (Å²) in [5.41, 5.74) is 0.707. The lowest BCUT2D eigenvalue weighted by molar-refractivity contribution is -0.136. The van der Waals surface area contributed by atoms with Crippen LogP contribution in [0.2, 0.25) is 0 Å². The zero-order valence-electron chi connectivity index (χ0n) is 11.7. The van der Waals surface area contributed by atoms with Gasteiger partial charge in [-0.2, -0.15) is 0 Å². The lowest BCUT2D eigenvalue weighted by Crippen LogP contribution is -2.10. The molecular weight excluding hydrogens is 228 g/mol. The Hall–Kier alpha value is -0.830. The molecule has 0 saturated heterocycles. The van der Waals surface area contributed by atoms with Crippen LogP contribution in [0.4, 0.5) is 0 Å². The monoisotopic (exact) mass is 254 g/mol. The molecule has 0 N–H and O–H groups in total. The van der Waals surface area contributed by atoms with E-state index in [-0.39, 0.29) is 5.97 Å². The van der Waals surface area contributed by atoms with Gasteiger partial charge in [0.15, 0.2) is 0 Å². The van der Waals surface area contributed by atoms with E-state index in [0.29, 0.717) is 24.5 Å². The summed E-state index contributed by atoms with van der Waals surface area (Å²) in [6.07, 6.45) is 10.6. The van der Waals surface area contributed by atoms with Gasteiger partial charge in [0.25, 0.3) is 0 Å². The van der Waals surface area contributed by atoms with Crippen molar-refractivity contribution in [1.29, 1.82) is 0 Å². The fourth-order valence-electron chi connectivity index (χ4n) is 2.43. The fraction of sp³-hybridized carbons (Fsp3) is 0.800. The van der Waals surface area contributed by atoms with E-state index in [1.807, 2.05) is 13.0 Å². The average molecular weight is 254 g/mol. The number of methoxy groups -OCH3 is 1. The van der Waals surface area contributed by atoms with E-state index in [9.17, 15) is 4.79 Å². The van der Waals surface area contributed by atoms with Gasteiger partial charge in [0.2, 0.25) is 0 Å². The van der Waals surface area contributed by atoms with Crippen molar-refractivity contribution in [2.24, 2.45) is 5.92 Å². The first-order valence-electron chi connectivity index (χ1n) is 7.13. The minimum atomic E-state index is -0.240. The maximum Gasteiger partial charge on any atom is 0.333 e. The highest BCUT2D eigenvalue weighted by Gasteiger charge is 2.12. The van der Waals surface area contributed by atoms with Gasteiger partial charge in [0, 0.05) is 12.2 Å². The third-order valence-electron chi connectivity index (χ3n) is 3.60. The van der Waals surface area contributed by atoms with Crippen molar-refractivity contribution in [1.82, 2.24) is 0 Å². The molecule has 0 radical (unpaired) electrons. The van der Waals surface area contributed by atoms with Crippen molar-refractivity contribution >= 4 is 5.97 Å². The van der Waals surface area contributed by atoms with Crippen LogP contribution >= 0.6 is 0 Å². The van der Waals surface area contributed by atoms with Crippen LogP contribution in [0.1, 0.15) is 51.9 Å². The summed E-state index contributed by atoms with van der Waals surface area (Å²) < 4.78 is 10.4. The lowest BCUT2D eigenvalue weighted by Gasteiger charge is -2.13. The van der Waals surface area contributed by atoms with Gasteiger partial charge in [0.1, 0.15) is 0 Å². The van der Waals surface area contributed by atoms with Gasteiger partial charge in [-0.05, 0) is 31.3 Å². The third kappa shape index (κ3) is 5.67. The van der Waals surface area contributed by atoms with Crippen LogP contribution in [0.15, 0.2) is 11.6 Å². The molecule has 0 unspecified atom stereocenters. The summed E-state index contributed by atoms with van der Waals surface area (Å²) >= 11 is 0. The Morgan fingerprint density at radius 1 is 1.22 bits per heavy atom. The normalized spacial score (nSPS) is 18.4. The Kier molecular flexibility index (Phi) is 7.74. The van der Waals surface area contributed by atoms with Gasteiger partial charge < -0.3 is 9.47 Å². The van der Waals surface area contributed by atoms with Crippen LogP contribution in [0.3, 0.4) is 0 Å². The van der Waals surface area contributed by atoms with Gasteiger partial charge >= 0.3 is 5.97 Å². The fourth-order valence-corrected chi connectivity index (χ4v) is 2.43. The molecule has 1 fully saturated rings. The van der Waals surface area contributed by atoms with Gasteiger partial charge in [-0.15, -0.1) is 0 Å². The van der Waals surface area contributed by atoms with Crippen LogP contribution in [-0.4, -0.2) is 26.3 Å². The van der Waals surface area contributed by atoms with Crippen molar-refractivity contribution in [3.63, 3.8) is 0 Å². The Morgan fingerprint density at radius 2 is 1.89 bits per heavy atom. The second-order valence-corrected chi connectivity index (χ2v) is 4.97. The van der Waals surface area contributed by atoms with E-state index < -0.39 is 0 Å². The second-order valence-electron chi connectivity index (χ2n) is 4.97. The second kappa shape index (κ2) is 9.15. The lowest BCUT2D eigenvalue weighted by atomic mass is 10.0. The number of carbonyl (C=O) groups is 1. The molecule has 0 bridgehead atoms. The molecule has 0 aromatic carbocycles. The van der Waals surface area contributed by atoms with E-state index in [2.05, 4.69) is 0 Å². The van der Waals surface area contributed by atoms with Crippen LogP contribution in [0.25, 0.3) is 0 Å². The predicted molar refractivity (Wildman–Crippen MR) is 72.4 cm³/mol. The Labute approximate surface area is 111 Å². The molecule has 18 heavy (non-hydrogen) atoms. The predicted octanol–water partition coefficient (Wildman–Crippen LogP) is 3.48. The Balaban J connectivity index is 2.23. The number of esters is 1. The number of ether oxygens (including phenoxy) is 2. The van der Waals surface area contributed by atoms with Gasteiger partial charge in [-0.3, -0.25) is 0 Å². The maximum absolute atomic E-state index is 11.3. The van der Waals surface area contributed by atoms with E-state index in [1.165, 1.54) is 45.6 Å². The zero-order valence-corrected chi connectivity index (χ0v) is 11.7. The first-order valence-corrected chi connectivity index (χ1v) is 7.13. The molecular formula is C15H26O3. The average Bonchev–Trinajstić information content (AvgIpc) is 2.66. The minimum Gasteiger partial charge on any atom is -0.466 e. The summed E-state index contributed by atoms with van der Waals surface area (Å²) in [5.74, 6) is 0.472. The molecule has 0 aliphatic heterocycles. The van der Waals surface area contributed by atoms with Crippen molar-refractivity contribution < 1.29 is 14.3 Å². The molecule has 3 heteroatoms. The first kappa shape index (κ1) is 15.2. The first-order chi connectivity index (χ1) is 8.77. The molecule has 0 amide bonds. The molecule has 1 saturated carbocycles. The Morgan fingerprint density at radius 3 is 2.44 bits per heavy atom. The summed E-state index contributed by atoms with van der Waals surface area (Å²) in [6, 6.07) is 0. The van der Waals surface area contributed by atoms with Crippen LogP contribution in [0, 0.1) is 5.92 Å². The van der Waals surface area contributed by atoms with E-state index >= 15 is 0 Å². The topological polar surface area (TPSA) is 35.5 Å². The van der Waals surface area contributed by atoms with E-state index in [1.54, 1.807) is 0 Å². The third-order valence-corrected chi connectivity index (χ3v) is 3.60. The van der Waals surface area contributed by atoms with Crippen LogP contribution < -0.4 is 0 Å². The van der Waals surface area contributed by atoms with Crippen molar-refractivity contribution in [2.75, 3.05) is 20.3 Å². The molecule has 1 aliphatic rings. The number of hydrogen-bond acceptors (Lipinski definition) is 3. The number of carbonyl (C=O) groups excluding carboxylic acids is 1. The van der Waals surface area contributed by atoms with Gasteiger partial charge in [-0.1, -0.05) is 32.6 Å². The number of hydrogen-bond donors (Lipinski definition) is 0. The molecule has 1 aliphatic carbocycles. The van der Waals surface area contributed by atoms with E-state index in [4.69, 9.17) is 9.47 Å². The minimum absolute atomic E-state index is 0.240. The summed E-state index contributed by atoms with van der Waals surface area (Å²) in [4.78, 5) is 11.3. The molecule has 104 valence electrons. The van der Waals surface area contributed by atoms with E-state index in [0.717, 1.165) is 6.61 Å². The molecule has 0 heterocycles. The molecule has 0 aromatic rings. The molecule has 1 rings (SSSR count). The molecule has 0 aromatic heterocycles. The van der Waals surface area contributed by atoms with Crippen molar-refractivity contribution in [3.05, 3.63) is 11.6 Å². The van der Waals surface area contributed by atoms with Crippen LogP contribution in [-0.2, 0) is 14.3 Å². The Bertz CT molecular complexity index is 263. The molecule has 0 atom stereocenters. The highest BCUT2D eigenvalue weighted by atomic mass is 16.5. The van der Waals surface area contributed by atoms with Crippen molar-refractivity contribution in [3.8, 4) is 0 Å². The molecule has 0 spiro atoms. The standard InChI is InChI=1S/C15H26O3/c1-3-14(15(16)17-2)10-11-18-12-13-8-6-4-5-7-9-13/h10,13H,3-9,11-12H2,1-2H3. The quantitative estimate of drug-likeness (QED) is 0.315. The summed E-state index contributed by atoms with van der Waals surface area (Å²) in [7, 11) is 1.41. The van der Waals surface area contributed by atoms with Crippen LogP contribution in [0.5, 0.6) is 0 Å². The SMILES string of the molecule is CCC(=CCOCC1CCCCCC1)C(=O)OC. The smallest absolute Gasteiger partial charge is 0.333 e. The molecule has 3 nitrogen and oxygen atoms in total. The summed E-state index contributed by atoms with van der Waals surface area (Å²) in [6.45, 7) is 3.30. The zero-order chi connectivity index (χ0) is 13.2.